The Labute approximate surface area is 66.6 Å². The van der Waals surface area contributed by atoms with Crippen LogP contribution in [0.1, 0.15) is 13.3 Å². The lowest BCUT2D eigenvalue weighted by atomic mass is 10.2. The molecule has 1 rings (SSSR count). The van der Waals surface area contributed by atoms with E-state index in [0.717, 1.165) is 24.8 Å². The van der Waals surface area contributed by atoms with E-state index in [9.17, 15) is 4.79 Å². The summed E-state index contributed by atoms with van der Waals surface area (Å²) >= 11 is 0. The summed E-state index contributed by atoms with van der Waals surface area (Å²) in [7, 11) is 0. The van der Waals surface area contributed by atoms with Gasteiger partial charge in [-0.3, -0.25) is 9.63 Å². The topological polar surface area (TPSA) is 29.5 Å². The highest BCUT2D eigenvalue weighted by Crippen LogP contribution is 2.07. The molecule has 3 nitrogen and oxygen atoms in total. The average Bonchev–Trinajstić information content (AvgIpc) is 2.06. The molecule has 1 heterocycles. The van der Waals surface area contributed by atoms with Gasteiger partial charge in [-0.15, -0.1) is 0 Å². The highest BCUT2D eigenvalue weighted by molar-refractivity contribution is 5.73. The number of rotatable bonds is 3. The van der Waals surface area contributed by atoms with Gasteiger partial charge >= 0.3 is 0 Å². The zero-order valence-electron chi connectivity index (χ0n) is 6.75. The van der Waals surface area contributed by atoms with E-state index in [2.05, 4.69) is 0 Å². The minimum absolute atomic E-state index is 0.636. The number of carbonyl (C=O) groups excluding carboxylic acids is 1. The predicted molar refractivity (Wildman–Crippen MR) is 42.0 cm³/mol. The number of aldehydes is 1. The molecule has 0 radical (unpaired) electrons. The van der Waals surface area contributed by atoms with E-state index in [1.165, 1.54) is 0 Å². The van der Waals surface area contributed by atoms with Gasteiger partial charge in [0.2, 0.25) is 0 Å². The van der Waals surface area contributed by atoms with Crippen LogP contribution in [0.4, 0.5) is 0 Å². The van der Waals surface area contributed by atoms with Crippen LogP contribution in [-0.4, -0.2) is 31.0 Å². The molecule has 0 aliphatic carbocycles. The minimum Gasteiger partial charge on any atom is -0.299 e. The zero-order chi connectivity index (χ0) is 8.10. The quantitative estimate of drug-likeness (QED) is 0.564. The molecule has 0 aromatic rings. The Morgan fingerprint density at radius 2 is 2.64 bits per heavy atom. The number of hydrogen-bond acceptors (Lipinski definition) is 3. The van der Waals surface area contributed by atoms with E-state index in [-0.39, 0.29) is 0 Å². The molecule has 0 unspecified atom stereocenters. The molecule has 0 amide bonds. The van der Waals surface area contributed by atoms with Crippen molar-refractivity contribution >= 4 is 6.29 Å². The molecule has 11 heavy (non-hydrogen) atoms. The van der Waals surface area contributed by atoms with Gasteiger partial charge in [-0.2, -0.15) is 5.06 Å². The summed E-state index contributed by atoms with van der Waals surface area (Å²) in [5, 5.41) is 1.82. The van der Waals surface area contributed by atoms with Crippen molar-refractivity contribution in [1.29, 1.82) is 0 Å². The molecule has 1 aliphatic rings. The van der Waals surface area contributed by atoms with E-state index in [4.69, 9.17) is 4.84 Å². The van der Waals surface area contributed by atoms with Crippen molar-refractivity contribution in [1.82, 2.24) is 5.06 Å². The molecule has 0 atom stereocenters. The largest absolute Gasteiger partial charge is 0.299 e. The van der Waals surface area contributed by atoms with Crippen LogP contribution >= 0.6 is 0 Å². The van der Waals surface area contributed by atoms with Crippen LogP contribution < -0.4 is 0 Å². The predicted octanol–water partition coefficient (Wildman–Crippen LogP) is 0.769. The Morgan fingerprint density at radius 3 is 3.27 bits per heavy atom. The first-order valence-electron chi connectivity index (χ1n) is 3.89. The van der Waals surface area contributed by atoms with Gasteiger partial charge in [0.25, 0.3) is 0 Å². The Morgan fingerprint density at radius 1 is 1.82 bits per heavy atom. The Bertz CT molecular complexity index is 165. The summed E-state index contributed by atoms with van der Waals surface area (Å²) in [6.07, 6.45) is 3.77. The van der Waals surface area contributed by atoms with Gasteiger partial charge in [0.05, 0.1) is 13.2 Å². The van der Waals surface area contributed by atoms with Crippen molar-refractivity contribution in [2.45, 2.75) is 13.3 Å². The van der Waals surface area contributed by atoms with Crippen LogP contribution in [0.2, 0.25) is 0 Å². The molecular formula is C8H13NO2. The van der Waals surface area contributed by atoms with Crippen LogP contribution in [0.15, 0.2) is 11.6 Å². The van der Waals surface area contributed by atoms with Crippen molar-refractivity contribution in [2.75, 3.05) is 19.7 Å². The third kappa shape index (κ3) is 2.44. The van der Waals surface area contributed by atoms with Crippen molar-refractivity contribution in [3.05, 3.63) is 11.6 Å². The second-order valence-electron chi connectivity index (χ2n) is 2.47. The highest BCUT2D eigenvalue weighted by Gasteiger charge is 2.10. The zero-order valence-corrected chi connectivity index (χ0v) is 6.75. The van der Waals surface area contributed by atoms with Gasteiger partial charge in [-0.25, -0.2) is 0 Å². The van der Waals surface area contributed by atoms with Gasteiger partial charge in [-0.05, 0) is 13.3 Å². The summed E-state index contributed by atoms with van der Waals surface area (Å²) < 4.78 is 0. The molecule has 0 spiro atoms. The maximum absolute atomic E-state index is 10.4. The van der Waals surface area contributed by atoms with Crippen molar-refractivity contribution in [3.8, 4) is 0 Å². The van der Waals surface area contributed by atoms with E-state index in [1.807, 2.05) is 18.1 Å². The van der Waals surface area contributed by atoms with Crippen molar-refractivity contribution in [3.63, 3.8) is 0 Å². The van der Waals surface area contributed by atoms with Crippen LogP contribution in [0.3, 0.4) is 0 Å². The Balaban J connectivity index is 2.39. The molecule has 0 aromatic heterocycles. The second kappa shape index (κ2) is 4.26. The molecule has 0 N–H and O–H groups in total. The van der Waals surface area contributed by atoms with Gasteiger partial charge in [-0.1, -0.05) is 6.08 Å². The normalized spacial score (nSPS) is 19.5. The van der Waals surface area contributed by atoms with Crippen LogP contribution in [0, 0.1) is 0 Å². The summed E-state index contributed by atoms with van der Waals surface area (Å²) in [5.74, 6) is 0. The summed E-state index contributed by atoms with van der Waals surface area (Å²) in [5.41, 5.74) is 0.824. The molecular weight excluding hydrogens is 142 g/mol. The van der Waals surface area contributed by atoms with Gasteiger partial charge in [0.15, 0.2) is 0 Å². The lowest BCUT2D eigenvalue weighted by Gasteiger charge is -2.23. The van der Waals surface area contributed by atoms with Crippen LogP contribution in [0.5, 0.6) is 0 Å². The maximum atomic E-state index is 10.4. The molecule has 0 aromatic carbocycles. The molecule has 1 aliphatic heterocycles. The molecule has 0 bridgehead atoms. The lowest BCUT2D eigenvalue weighted by Crippen LogP contribution is -2.30. The average molecular weight is 155 g/mol. The van der Waals surface area contributed by atoms with Crippen molar-refractivity contribution in [2.24, 2.45) is 0 Å². The third-order valence-electron chi connectivity index (χ3n) is 1.61. The van der Waals surface area contributed by atoms with Gasteiger partial charge in [0, 0.05) is 12.1 Å². The fourth-order valence-electron chi connectivity index (χ4n) is 1.12. The standard InChI is InChI=1S/C8H13NO2/c1-2-11-9-5-3-4-8(6-9)7-10/h4,7H,2-3,5-6H2,1H3. The first-order chi connectivity index (χ1) is 5.36. The Kier molecular flexibility index (Phi) is 3.26. The number of nitrogens with zero attached hydrogens (tertiary/aromatic N) is 1. The van der Waals surface area contributed by atoms with Gasteiger partial charge in [0.1, 0.15) is 6.29 Å². The first kappa shape index (κ1) is 8.43. The van der Waals surface area contributed by atoms with E-state index >= 15 is 0 Å². The summed E-state index contributed by atoms with van der Waals surface area (Å²) in [4.78, 5) is 15.6. The van der Waals surface area contributed by atoms with E-state index in [1.54, 1.807) is 0 Å². The molecule has 0 saturated carbocycles. The van der Waals surface area contributed by atoms with E-state index < -0.39 is 0 Å². The summed E-state index contributed by atoms with van der Waals surface area (Å²) in [6.45, 7) is 4.15. The SMILES string of the molecule is CCON1CCC=C(C=O)C1. The lowest BCUT2D eigenvalue weighted by molar-refractivity contribution is -0.151. The molecule has 0 saturated heterocycles. The Hall–Kier alpha value is -0.670. The third-order valence-corrected chi connectivity index (χ3v) is 1.61. The molecule has 62 valence electrons. The summed E-state index contributed by atoms with van der Waals surface area (Å²) in [6, 6.07) is 0. The minimum atomic E-state index is 0.636. The van der Waals surface area contributed by atoms with Gasteiger partial charge < -0.3 is 0 Å². The number of hydroxylamine groups is 2. The van der Waals surface area contributed by atoms with Crippen LogP contribution in [0.25, 0.3) is 0 Å². The monoisotopic (exact) mass is 155 g/mol. The van der Waals surface area contributed by atoms with Crippen molar-refractivity contribution < 1.29 is 9.63 Å². The molecule has 3 heteroatoms. The smallest absolute Gasteiger partial charge is 0.147 e. The highest BCUT2D eigenvalue weighted by atomic mass is 16.7. The number of carbonyl (C=O) groups is 1. The van der Waals surface area contributed by atoms with E-state index in [0.29, 0.717) is 13.2 Å². The maximum Gasteiger partial charge on any atom is 0.147 e. The molecule has 0 fully saturated rings. The fraction of sp³-hybridized carbons (Fsp3) is 0.625. The number of hydrogen-bond donors (Lipinski definition) is 0. The second-order valence-corrected chi connectivity index (χ2v) is 2.47. The van der Waals surface area contributed by atoms with Crippen LogP contribution in [-0.2, 0) is 9.63 Å². The fourth-order valence-corrected chi connectivity index (χ4v) is 1.12. The first-order valence-corrected chi connectivity index (χ1v) is 3.89.